The largest absolute Gasteiger partial charge is 0.358 e. The lowest BCUT2D eigenvalue weighted by molar-refractivity contribution is 0.0718. The van der Waals surface area contributed by atoms with Gasteiger partial charge in [-0.05, 0) is 6.92 Å². The number of carbonyl (C=O) groups is 1. The molecule has 0 amide bonds. The molecule has 1 aromatic rings. The number of aromatic nitrogens is 1. The highest BCUT2D eigenvalue weighted by Gasteiger charge is 2.14. The second-order valence-electron chi connectivity index (χ2n) is 2.98. The lowest BCUT2D eigenvalue weighted by atomic mass is 10.2. The van der Waals surface area contributed by atoms with Crippen LogP contribution in [-0.4, -0.2) is 10.6 Å². The Morgan fingerprint density at radius 2 is 2.17 bits per heavy atom. The Balaban J connectivity index is 3.11. The third kappa shape index (κ3) is 1.47. The summed E-state index contributed by atoms with van der Waals surface area (Å²) in [5.74, 6) is -0.367. The van der Waals surface area contributed by atoms with Crippen LogP contribution >= 0.6 is 0 Å². The van der Waals surface area contributed by atoms with Gasteiger partial charge in [0.05, 0.1) is 5.69 Å². The van der Waals surface area contributed by atoms with Crippen LogP contribution in [0, 0.1) is 12.8 Å². The summed E-state index contributed by atoms with van der Waals surface area (Å²) in [4.78, 5) is 22.0. The van der Waals surface area contributed by atoms with Crippen molar-refractivity contribution in [3.63, 3.8) is 0 Å². The van der Waals surface area contributed by atoms with Gasteiger partial charge in [0.1, 0.15) is 0 Å². The maximum atomic E-state index is 11.3. The Hall–Kier alpha value is -1.32. The molecule has 4 heteroatoms. The minimum Gasteiger partial charge on any atom is -0.329 e. The first-order chi connectivity index (χ1) is 5.52. The molecule has 0 aromatic carbocycles. The van der Waals surface area contributed by atoms with Crippen LogP contribution < -0.4 is 5.63 Å². The van der Waals surface area contributed by atoms with E-state index in [0.29, 0.717) is 5.69 Å². The number of hydrogen-bond donors (Lipinski definition) is 0. The summed E-state index contributed by atoms with van der Waals surface area (Å²) >= 11 is 0. The molecule has 0 unspecified atom stereocenters. The molecule has 4 nitrogen and oxygen atoms in total. The smallest absolute Gasteiger partial charge is 0.329 e. The monoisotopic (exact) mass is 169 g/mol. The van der Waals surface area contributed by atoms with E-state index < -0.39 is 5.63 Å². The van der Waals surface area contributed by atoms with Crippen LogP contribution in [0.15, 0.2) is 15.4 Å². The van der Waals surface area contributed by atoms with Gasteiger partial charge in [0.15, 0.2) is 0 Å². The quantitative estimate of drug-likeness (QED) is 0.631. The van der Waals surface area contributed by atoms with Crippen molar-refractivity contribution in [2.24, 2.45) is 5.92 Å². The molecule has 0 aliphatic carbocycles. The van der Waals surface area contributed by atoms with Gasteiger partial charge >= 0.3 is 5.63 Å². The summed E-state index contributed by atoms with van der Waals surface area (Å²) in [7, 11) is 0. The van der Waals surface area contributed by atoms with Crippen molar-refractivity contribution in [1.29, 1.82) is 0 Å². The molecule has 0 spiro atoms. The van der Waals surface area contributed by atoms with Crippen molar-refractivity contribution >= 4 is 5.91 Å². The van der Waals surface area contributed by atoms with E-state index in [0.717, 1.165) is 4.74 Å². The standard InChI is InChI=1S/C8H11NO3/c1-5(2)8(11)9-6(3)4-7(10)12-9/h4-5H,1-3H3. The van der Waals surface area contributed by atoms with Crippen molar-refractivity contribution in [2.75, 3.05) is 0 Å². The van der Waals surface area contributed by atoms with Crippen LogP contribution in [-0.2, 0) is 0 Å². The van der Waals surface area contributed by atoms with Gasteiger partial charge in [0, 0.05) is 12.0 Å². The lowest BCUT2D eigenvalue weighted by Gasteiger charge is -2.03. The normalized spacial score (nSPS) is 10.7. The van der Waals surface area contributed by atoms with E-state index in [2.05, 4.69) is 4.52 Å². The Labute approximate surface area is 69.8 Å². The summed E-state index contributed by atoms with van der Waals surface area (Å²) in [6.07, 6.45) is 0. The first-order valence-corrected chi connectivity index (χ1v) is 3.76. The topological polar surface area (TPSA) is 52.2 Å². The zero-order valence-electron chi connectivity index (χ0n) is 7.33. The van der Waals surface area contributed by atoms with Crippen molar-refractivity contribution in [1.82, 2.24) is 4.74 Å². The first kappa shape index (κ1) is 8.77. The average molecular weight is 169 g/mol. The highest BCUT2D eigenvalue weighted by Crippen LogP contribution is 2.02. The Bertz CT molecular complexity index is 345. The molecule has 0 saturated heterocycles. The minimum absolute atomic E-state index is 0.167. The highest BCUT2D eigenvalue weighted by molar-refractivity contribution is 5.79. The highest BCUT2D eigenvalue weighted by atomic mass is 16.5. The Morgan fingerprint density at radius 1 is 1.58 bits per heavy atom. The van der Waals surface area contributed by atoms with Crippen LogP contribution in [0.25, 0.3) is 0 Å². The fourth-order valence-electron chi connectivity index (χ4n) is 0.871. The summed E-state index contributed by atoms with van der Waals surface area (Å²) in [5.41, 5.74) is 0.0557. The van der Waals surface area contributed by atoms with E-state index in [1.807, 2.05) is 0 Å². The second kappa shape index (κ2) is 2.97. The van der Waals surface area contributed by atoms with Gasteiger partial charge in [0.25, 0.3) is 5.91 Å². The molecule has 0 atom stereocenters. The zero-order valence-corrected chi connectivity index (χ0v) is 7.33. The van der Waals surface area contributed by atoms with Gasteiger partial charge in [-0.2, -0.15) is 0 Å². The molecular weight excluding hydrogens is 158 g/mol. The molecule has 0 bridgehead atoms. The number of rotatable bonds is 1. The third-order valence-electron chi connectivity index (χ3n) is 1.52. The van der Waals surface area contributed by atoms with Gasteiger partial charge < -0.3 is 4.52 Å². The van der Waals surface area contributed by atoms with Crippen molar-refractivity contribution < 1.29 is 9.32 Å². The molecule has 0 N–H and O–H groups in total. The molecule has 12 heavy (non-hydrogen) atoms. The third-order valence-corrected chi connectivity index (χ3v) is 1.52. The first-order valence-electron chi connectivity index (χ1n) is 3.76. The number of nitrogens with zero attached hydrogens (tertiary/aromatic N) is 1. The summed E-state index contributed by atoms with van der Waals surface area (Å²) < 4.78 is 5.68. The average Bonchev–Trinajstić information content (AvgIpc) is 2.28. The summed E-state index contributed by atoms with van der Waals surface area (Å²) in [6, 6.07) is 1.29. The number of hydrogen-bond acceptors (Lipinski definition) is 3. The van der Waals surface area contributed by atoms with E-state index in [-0.39, 0.29) is 11.8 Å². The fourth-order valence-corrected chi connectivity index (χ4v) is 0.871. The van der Waals surface area contributed by atoms with Crippen LogP contribution in [0.2, 0.25) is 0 Å². The van der Waals surface area contributed by atoms with Crippen LogP contribution in [0.1, 0.15) is 24.3 Å². The molecule has 66 valence electrons. The molecule has 0 radical (unpaired) electrons. The number of aryl methyl sites for hydroxylation is 1. The van der Waals surface area contributed by atoms with Gasteiger partial charge in [-0.25, -0.2) is 4.79 Å². The predicted molar refractivity (Wildman–Crippen MR) is 43.2 cm³/mol. The molecule has 1 heterocycles. The molecule has 0 aliphatic heterocycles. The molecular formula is C8H11NO3. The SMILES string of the molecule is Cc1cc(=O)on1C(=O)C(C)C. The van der Waals surface area contributed by atoms with Crippen LogP contribution in [0.3, 0.4) is 0 Å². The molecule has 1 aromatic heterocycles. The molecule has 0 saturated carbocycles. The maximum Gasteiger partial charge on any atom is 0.358 e. The van der Waals surface area contributed by atoms with E-state index in [9.17, 15) is 9.59 Å². The van der Waals surface area contributed by atoms with Gasteiger partial charge in [0.2, 0.25) is 0 Å². The van der Waals surface area contributed by atoms with E-state index in [4.69, 9.17) is 0 Å². The number of carbonyl (C=O) groups excluding carboxylic acids is 1. The Morgan fingerprint density at radius 3 is 2.50 bits per heavy atom. The van der Waals surface area contributed by atoms with Gasteiger partial charge in [-0.3, -0.25) is 4.79 Å². The Kier molecular flexibility index (Phi) is 2.17. The van der Waals surface area contributed by atoms with Gasteiger partial charge in [-0.1, -0.05) is 13.8 Å². The summed E-state index contributed by atoms with van der Waals surface area (Å²) in [6.45, 7) is 5.16. The summed E-state index contributed by atoms with van der Waals surface area (Å²) in [5, 5.41) is 0. The maximum absolute atomic E-state index is 11.3. The lowest BCUT2D eigenvalue weighted by Crippen LogP contribution is -2.17. The van der Waals surface area contributed by atoms with Crippen molar-refractivity contribution in [3.05, 3.63) is 22.2 Å². The van der Waals surface area contributed by atoms with Gasteiger partial charge in [-0.15, -0.1) is 4.74 Å². The van der Waals surface area contributed by atoms with E-state index in [1.165, 1.54) is 6.07 Å². The van der Waals surface area contributed by atoms with E-state index >= 15 is 0 Å². The molecule has 0 fully saturated rings. The second-order valence-corrected chi connectivity index (χ2v) is 2.98. The molecule has 1 rings (SSSR count). The van der Waals surface area contributed by atoms with Crippen molar-refractivity contribution in [3.8, 4) is 0 Å². The minimum atomic E-state index is -0.485. The van der Waals surface area contributed by atoms with Crippen LogP contribution in [0.5, 0.6) is 0 Å². The van der Waals surface area contributed by atoms with E-state index in [1.54, 1.807) is 20.8 Å². The predicted octanol–water partition coefficient (Wildman–Crippen LogP) is 1.05. The van der Waals surface area contributed by atoms with Crippen molar-refractivity contribution in [2.45, 2.75) is 20.8 Å². The molecule has 0 aliphatic rings. The zero-order chi connectivity index (χ0) is 9.30. The fraction of sp³-hybridized carbons (Fsp3) is 0.500. The van der Waals surface area contributed by atoms with Crippen LogP contribution in [0.4, 0.5) is 0 Å².